The first-order valence-corrected chi connectivity index (χ1v) is 15.9. The average molecular weight is 676 g/mol. The molecule has 1 aliphatic rings. The minimum atomic E-state index is -1.15. The van der Waals surface area contributed by atoms with Crippen LogP contribution in [-0.2, 0) is 42.9 Å². The highest BCUT2D eigenvalue weighted by molar-refractivity contribution is 7.94. The molecule has 2 aromatic carbocycles. The minimum Gasteiger partial charge on any atom is -0.444 e. The number of carbonyl (C=O) groups excluding carboxylic acids is 2. The molecule has 45 heavy (non-hydrogen) atoms. The minimum absolute atomic E-state index is 0. The van der Waals surface area contributed by atoms with E-state index in [1.165, 1.54) is 5.56 Å². The number of carbonyl (C=O) groups is 2. The first-order valence-electron chi connectivity index (χ1n) is 14.9. The summed E-state index contributed by atoms with van der Waals surface area (Å²) in [6.45, 7) is 5.71. The van der Waals surface area contributed by atoms with Gasteiger partial charge in [-0.1, -0.05) is 44.5 Å². The van der Waals surface area contributed by atoms with Crippen LogP contribution in [0.2, 0.25) is 0 Å². The van der Waals surface area contributed by atoms with Gasteiger partial charge in [-0.2, -0.15) is 4.33 Å². The van der Waals surface area contributed by atoms with Crippen LogP contribution in [0.25, 0.3) is 0 Å². The lowest BCUT2D eigenvalue weighted by molar-refractivity contribution is -0.191. The number of rotatable bonds is 19. The molecule has 0 saturated carbocycles. The molecule has 2 amide bonds. The van der Waals surface area contributed by atoms with E-state index in [0.717, 1.165) is 55.1 Å². The summed E-state index contributed by atoms with van der Waals surface area (Å²) in [5.74, 6) is -2.24. The van der Waals surface area contributed by atoms with E-state index in [-0.39, 0.29) is 43.3 Å². The molecular formula is C31H44ClF2N3O7S. The Labute approximate surface area is 273 Å². The van der Waals surface area contributed by atoms with Gasteiger partial charge in [0.15, 0.2) is 0 Å². The quantitative estimate of drug-likeness (QED) is 0.0742. The van der Waals surface area contributed by atoms with Gasteiger partial charge in [0.05, 0.1) is 37.7 Å². The highest BCUT2D eigenvalue weighted by Crippen LogP contribution is 2.14. The van der Waals surface area contributed by atoms with Crippen LogP contribution in [0.15, 0.2) is 42.5 Å². The zero-order chi connectivity index (χ0) is 31.7. The van der Waals surface area contributed by atoms with Crippen LogP contribution >= 0.6 is 24.4 Å². The molecule has 1 aliphatic heterocycles. The van der Waals surface area contributed by atoms with Crippen molar-refractivity contribution in [3.8, 4) is 0 Å². The van der Waals surface area contributed by atoms with Crippen LogP contribution < -0.4 is 16.0 Å². The van der Waals surface area contributed by atoms with Crippen molar-refractivity contribution < 1.29 is 42.2 Å². The molecule has 10 nitrogen and oxygen atoms in total. The number of hydrogen-bond acceptors (Lipinski definition) is 9. The third-order valence-corrected chi connectivity index (χ3v) is 7.60. The Hall–Kier alpha value is -2.52. The lowest BCUT2D eigenvalue weighted by Crippen LogP contribution is -2.55. The molecule has 0 aromatic heterocycles. The summed E-state index contributed by atoms with van der Waals surface area (Å²) in [6.07, 6.45) is 0.670. The van der Waals surface area contributed by atoms with E-state index in [4.69, 9.17) is 18.7 Å². The van der Waals surface area contributed by atoms with Gasteiger partial charge in [0, 0.05) is 37.6 Å². The Kier molecular flexibility index (Phi) is 18.3. The van der Waals surface area contributed by atoms with E-state index >= 15 is 0 Å². The van der Waals surface area contributed by atoms with Crippen molar-refractivity contribution in [2.75, 3.05) is 32.1 Å². The molecule has 0 unspecified atom stereocenters. The predicted molar refractivity (Wildman–Crippen MR) is 170 cm³/mol. The number of alkyl carbamates (subject to hydrolysis) is 1. The Morgan fingerprint density at radius 3 is 2.53 bits per heavy atom. The van der Waals surface area contributed by atoms with Gasteiger partial charge in [0.1, 0.15) is 23.8 Å². The third kappa shape index (κ3) is 14.6. The molecule has 4 N–H and O–H groups in total. The molecular weight excluding hydrogens is 632 g/mol. The fourth-order valence-electron chi connectivity index (χ4n) is 4.50. The average Bonchev–Trinajstić information content (AvgIpc) is 3.50. The van der Waals surface area contributed by atoms with Gasteiger partial charge in [0.2, 0.25) is 5.91 Å². The van der Waals surface area contributed by atoms with Crippen LogP contribution in [0, 0.1) is 11.6 Å². The standard InChI is InChI=1S/C31H43F2N3O7S.ClH/c1-3-5-10-41-43-44-20-28(36-31(39)42-26-9-11-40-19-26)30(38)35-27(15-23-13-24(32)16-25(33)14-23)29(37)18-34-17-22-8-6-7-21(4-2)12-22;/h6-8,12-14,16,26-29,34,37H,3-5,9-11,15,17-20H2,1-2H3,(H,35,38)(H,36,39);1H/t26-,27-,28+,29+;/m0./s1. The number of halogens is 3. The van der Waals surface area contributed by atoms with Crippen molar-refractivity contribution in [1.29, 1.82) is 0 Å². The first-order chi connectivity index (χ1) is 21.3. The third-order valence-electron chi connectivity index (χ3n) is 6.93. The van der Waals surface area contributed by atoms with Crippen LogP contribution in [0.1, 0.15) is 49.8 Å². The number of amides is 2. The number of aliphatic hydroxyl groups excluding tert-OH is 1. The van der Waals surface area contributed by atoms with E-state index in [0.29, 0.717) is 26.2 Å². The van der Waals surface area contributed by atoms with E-state index in [1.54, 1.807) is 0 Å². The molecule has 1 fully saturated rings. The molecule has 14 heteroatoms. The van der Waals surface area contributed by atoms with Crippen molar-refractivity contribution in [3.63, 3.8) is 0 Å². The summed E-state index contributed by atoms with van der Waals surface area (Å²) in [5.41, 5.74) is 2.45. The Balaban J connectivity index is 0.00000705. The summed E-state index contributed by atoms with van der Waals surface area (Å²) in [6, 6.07) is 8.95. The van der Waals surface area contributed by atoms with Gasteiger partial charge >= 0.3 is 6.09 Å². The van der Waals surface area contributed by atoms with Gasteiger partial charge in [-0.3, -0.25) is 4.79 Å². The van der Waals surface area contributed by atoms with Gasteiger partial charge in [-0.25, -0.2) is 18.5 Å². The molecule has 0 radical (unpaired) electrons. The van der Waals surface area contributed by atoms with Crippen LogP contribution in [0.5, 0.6) is 0 Å². The maximum Gasteiger partial charge on any atom is 0.408 e. The zero-order valence-corrected chi connectivity index (χ0v) is 27.2. The molecule has 0 spiro atoms. The van der Waals surface area contributed by atoms with Crippen LogP contribution in [0.3, 0.4) is 0 Å². The van der Waals surface area contributed by atoms with Crippen LogP contribution in [0.4, 0.5) is 13.6 Å². The van der Waals surface area contributed by atoms with Gasteiger partial charge < -0.3 is 30.5 Å². The van der Waals surface area contributed by atoms with Gasteiger partial charge in [-0.15, -0.1) is 12.4 Å². The van der Waals surface area contributed by atoms with Crippen molar-refractivity contribution in [1.82, 2.24) is 16.0 Å². The fraction of sp³-hybridized carbons (Fsp3) is 0.548. The number of aryl methyl sites for hydroxylation is 1. The molecule has 0 bridgehead atoms. The second-order valence-electron chi connectivity index (χ2n) is 10.6. The topological polar surface area (TPSA) is 127 Å². The highest BCUT2D eigenvalue weighted by atomic mass is 35.5. The zero-order valence-electron chi connectivity index (χ0n) is 25.6. The largest absolute Gasteiger partial charge is 0.444 e. The number of nitrogens with one attached hydrogen (secondary N) is 3. The van der Waals surface area contributed by atoms with E-state index in [1.807, 2.05) is 25.1 Å². The number of aliphatic hydroxyl groups is 1. The fourth-order valence-corrected chi connectivity index (χ4v) is 5.06. The van der Waals surface area contributed by atoms with E-state index in [2.05, 4.69) is 28.9 Å². The lowest BCUT2D eigenvalue weighted by atomic mass is 10.00. The smallest absolute Gasteiger partial charge is 0.408 e. The SMILES string of the molecule is CCCCOOSC[C@@H](NC(=O)O[C@H]1CCOC1)C(=O)N[C@@H](Cc1cc(F)cc(F)c1)[C@H](O)CNCc1cccc(CC)c1.Cl. The summed E-state index contributed by atoms with van der Waals surface area (Å²) in [7, 11) is 0. The molecule has 0 aliphatic carbocycles. The number of unbranched alkanes of at least 4 members (excludes halogenated alkanes) is 1. The summed E-state index contributed by atoms with van der Waals surface area (Å²) < 4.78 is 43.7. The van der Waals surface area contributed by atoms with Crippen molar-refractivity contribution >= 4 is 36.5 Å². The maximum absolute atomic E-state index is 14.0. The maximum atomic E-state index is 14.0. The van der Waals surface area contributed by atoms with E-state index < -0.39 is 47.9 Å². The Bertz CT molecular complexity index is 1160. The van der Waals surface area contributed by atoms with Crippen molar-refractivity contribution in [2.24, 2.45) is 0 Å². The van der Waals surface area contributed by atoms with Gasteiger partial charge in [0.25, 0.3) is 0 Å². The van der Waals surface area contributed by atoms with E-state index in [9.17, 15) is 23.5 Å². The molecule has 4 atom stereocenters. The first kappa shape index (κ1) is 38.7. The van der Waals surface area contributed by atoms with Crippen molar-refractivity contribution in [2.45, 2.75) is 76.8 Å². The van der Waals surface area contributed by atoms with Crippen molar-refractivity contribution in [3.05, 3.63) is 70.8 Å². The lowest BCUT2D eigenvalue weighted by Gasteiger charge is -2.27. The number of ether oxygens (including phenoxy) is 2. The second-order valence-corrected chi connectivity index (χ2v) is 11.3. The van der Waals surface area contributed by atoms with Crippen LogP contribution in [-0.4, -0.2) is 73.5 Å². The number of hydrogen-bond donors (Lipinski definition) is 4. The summed E-state index contributed by atoms with van der Waals surface area (Å²) >= 11 is 0.831. The van der Waals surface area contributed by atoms with Gasteiger partial charge in [-0.05, 0) is 48.1 Å². The Morgan fingerprint density at radius 2 is 1.84 bits per heavy atom. The predicted octanol–water partition coefficient (Wildman–Crippen LogP) is 4.41. The molecule has 2 aromatic rings. The summed E-state index contributed by atoms with van der Waals surface area (Å²) in [5, 5.41) is 19.6. The molecule has 3 rings (SSSR count). The Morgan fingerprint density at radius 1 is 1.09 bits per heavy atom. The highest BCUT2D eigenvalue weighted by Gasteiger charge is 2.29. The number of benzene rings is 2. The monoisotopic (exact) mass is 675 g/mol. The second kappa shape index (κ2) is 21.3. The molecule has 1 saturated heterocycles. The molecule has 252 valence electrons. The summed E-state index contributed by atoms with van der Waals surface area (Å²) in [4.78, 5) is 31.2. The molecule has 1 heterocycles. The normalized spacial score (nSPS) is 16.3.